The van der Waals surface area contributed by atoms with Gasteiger partial charge < -0.3 is 5.32 Å². The van der Waals surface area contributed by atoms with Gasteiger partial charge in [-0.25, -0.2) is 14.3 Å². The Morgan fingerprint density at radius 1 is 0.935 bits per heavy atom. The molecule has 1 saturated carbocycles. The van der Waals surface area contributed by atoms with Gasteiger partial charge in [0.1, 0.15) is 5.82 Å². The Bertz CT molecular complexity index is 1200. The minimum absolute atomic E-state index is 0.0630. The summed E-state index contributed by atoms with van der Waals surface area (Å²) in [6, 6.07) is 9.39. The van der Waals surface area contributed by atoms with E-state index in [1.54, 1.807) is 52.5 Å². The first-order valence-corrected chi connectivity index (χ1v) is 10.3. The fourth-order valence-electron chi connectivity index (χ4n) is 3.98. The first kappa shape index (κ1) is 19.1. The van der Waals surface area contributed by atoms with Crippen molar-refractivity contribution in [2.24, 2.45) is 0 Å². The largest absolute Gasteiger partial charge is 0.366 e. The molecule has 4 heterocycles. The third-order valence-corrected chi connectivity index (χ3v) is 5.56. The lowest BCUT2D eigenvalue weighted by atomic mass is 9.91. The van der Waals surface area contributed by atoms with E-state index in [9.17, 15) is 4.79 Å². The summed E-state index contributed by atoms with van der Waals surface area (Å²) in [5, 5.41) is 12.3. The molecule has 0 atom stereocenters. The maximum atomic E-state index is 12.5. The van der Waals surface area contributed by atoms with Crippen LogP contribution >= 0.6 is 0 Å². The van der Waals surface area contributed by atoms with Crippen molar-refractivity contribution in [1.29, 1.82) is 0 Å². The van der Waals surface area contributed by atoms with Crippen LogP contribution in [0.3, 0.4) is 0 Å². The second-order valence-corrected chi connectivity index (χ2v) is 7.60. The van der Waals surface area contributed by atoms with Crippen LogP contribution in [0.25, 0.3) is 17.1 Å². The molecule has 0 radical (unpaired) electrons. The molecule has 0 saturated heterocycles. The molecule has 31 heavy (non-hydrogen) atoms. The van der Waals surface area contributed by atoms with Gasteiger partial charge in [0.25, 0.3) is 5.56 Å². The zero-order valence-corrected chi connectivity index (χ0v) is 16.9. The molecule has 1 aliphatic rings. The molecule has 1 N–H and O–H groups in total. The number of hydrogen-bond acceptors (Lipinski definition) is 7. The smallest absolute Gasteiger partial charge is 0.267 e. The molecule has 5 rings (SSSR count). The van der Waals surface area contributed by atoms with E-state index in [0.29, 0.717) is 5.82 Å². The Kier molecular flexibility index (Phi) is 5.22. The van der Waals surface area contributed by atoms with Crippen molar-refractivity contribution in [3.8, 4) is 17.1 Å². The zero-order chi connectivity index (χ0) is 21.0. The molecular weight excluding hydrogens is 392 g/mol. The first-order chi connectivity index (χ1) is 15.3. The number of nitrogens with zero attached hydrogens (tertiary/aromatic N) is 7. The Hall–Kier alpha value is -3.88. The van der Waals surface area contributed by atoms with E-state index in [1.807, 2.05) is 24.4 Å². The van der Waals surface area contributed by atoms with E-state index in [0.717, 1.165) is 42.8 Å². The van der Waals surface area contributed by atoms with E-state index in [1.165, 1.54) is 0 Å². The monoisotopic (exact) mass is 414 g/mol. The summed E-state index contributed by atoms with van der Waals surface area (Å²) in [6.45, 7) is 0. The summed E-state index contributed by atoms with van der Waals surface area (Å²) in [7, 11) is 0. The van der Waals surface area contributed by atoms with E-state index < -0.39 is 0 Å². The van der Waals surface area contributed by atoms with Crippen molar-refractivity contribution in [2.45, 2.75) is 37.8 Å². The number of anilines is 1. The molecule has 156 valence electrons. The number of nitrogens with one attached hydrogen (secondary N) is 1. The van der Waals surface area contributed by atoms with Crippen LogP contribution in [0.4, 0.5) is 5.82 Å². The van der Waals surface area contributed by atoms with Gasteiger partial charge >= 0.3 is 0 Å². The minimum Gasteiger partial charge on any atom is -0.366 e. The van der Waals surface area contributed by atoms with Crippen molar-refractivity contribution in [3.63, 3.8) is 0 Å². The summed E-state index contributed by atoms with van der Waals surface area (Å²) in [6.07, 6.45) is 14.0. The van der Waals surface area contributed by atoms with Gasteiger partial charge in [-0.15, -0.1) is 0 Å². The average molecular weight is 414 g/mol. The van der Waals surface area contributed by atoms with Gasteiger partial charge in [0.05, 0.1) is 24.1 Å². The Morgan fingerprint density at radius 2 is 1.77 bits per heavy atom. The molecule has 1 fully saturated rings. The highest BCUT2D eigenvalue weighted by molar-refractivity contribution is 5.57. The van der Waals surface area contributed by atoms with Gasteiger partial charge in [-0.05, 0) is 49.9 Å². The van der Waals surface area contributed by atoms with Gasteiger partial charge in [0.15, 0.2) is 5.82 Å². The van der Waals surface area contributed by atoms with Crippen molar-refractivity contribution >= 4 is 5.82 Å². The molecule has 4 aromatic rings. The van der Waals surface area contributed by atoms with Gasteiger partial charge in [0.2, 0.25) is 0 Å². The third kappa shape index (κ3) is 4.20. The number of pyridine rings is 1. The quantitative estimate of drug-likeness (QED) is 0.535. The zero-order valence-electron chi connectivity index (χ0n) is 16.9. The second kappa shape index (κ2) is 8.47. The minimum atomic E-state index is -0.0630. The van der Waals surface area contributed by atoms with Crippen LogP contribution < -0.4 is 10.9 Å². The second-order valence-electron chi connectivity index (χ2n) is 7.60. The van der Waals surface area contributed by atoms with Crippen molar-refractivity contribution in [3.05, 3.63) is 77.9 Å². The van der Waals surface area contributed by atoms with Gasteiger partial charge in [0, 0.05) is 42.5 Å². The highest BCUT2D eigenvalue weighted by atomic mass is 16.1. The van der Waals surface area contributed by atoms with Crippen LogP contribution in [0.15, 0.2) is 72.3 Å². The molecule has 0 aromatic carbocycles. The van der Waals surface area contributed by atoms with E-state index in [2.05, 4.69) is 30.5 Å². The standard InChI is InChI=1S/C22H22N8O/c31-22-7-6-19(16-8-11-23-12-9-16)28-30(22)18-4-2-17(3-5-18)26-20-14-24-15-21(27-20)29-13-1-10-25-29/h1,6-15,17-18H,2-5H2,(H,26,27). The van der Waals surface area contributed by atoms with Crippen molar-refractivity contribution in [1.82, 2.24) is 34.5 Å². The van der Waals surface area contributed by atoms with Crippen LogP contribution in [0, 0.1) is 0 Å². The molecular formula is C22H22N8O. The van der Waals surface area contributed by atoms with Gasteiger partial charge in [-0.3, -0.25) is 14.8 Å². The lowest BCUT2D eigenvalue weighted by Gasteiger charge is -2.30. The van der Waals surface area contributed by atoms with Gasteiger partial charge in [-0.2, -0.15) is 10.2 Å². The normalized spacial score (nSPS) is 18.6. The summed E-state index contributed by atoms with van der Waals surface area (Å²) >= 11 is 0. The molecule has 0 unspecified atom stereocenters. The highest BCUT2D eigenvalue weighted by Crippen LogP contribution is 2.29. The fourth-order valence-corrected chi connectivity index (χ4v) is 3.98. The molecule has 9 nitrogen and oxygen atoms in total. The van der Waals surface area contributed by atoms with Crippen LogP contribution in [0.2, 0.25) is 0 Å². The lowest BCUT2D eigenvalue weighted by Crippen LogP contribution is -2.33. The van der Waals surface area contributed by atoms with E-state index in [-0.39, 0.29) is 17.6 Å². The Balaban J connectivity index is 1.26. The molecule has 9 heteroatoms. The summed E-state index contributed by atoms with van der Waals surface area (Å²) in [4.78, 5) is 25.4. The number of hydrogen-bond donors (Lipinski definition) is 1. The SMILES string of the molecule is O=c1ccc(-c2ccncc2)nn1C1CCC(Nc2cncc(-n3cccn3)n2)CC1. The van der Waals surface area contributed by atoms with Gasteiger partial charge in [-0.1, -0.05) is 0 Å². The lowest BCUT2D eigenvalue weighted by molar-refractivity contribution is 0.304. The predicted molar refractivity (Wildman–Crippen MR) is 116 cm³/mol. The predicted octanol–water partition coefficient (Wildman–Crippen LogP) is 2.88. The molecule has 0 aliphatic heterocycles. The first-order valence-electron chi connectivity index (χ1n) is 10.3. The molecule has 0 bridgehead atoms. The fraction of sp³-hybridized carbons (Fsp3) is 0.273. The summed E-state index contributed by atoms with van der Waals surface area (Å²) in [5.74, 6) is 1.40. The summed E-state index contributed by atoms with van der Waals surface area (Å²) < 4.78 is 3.33. The van der Waals surface area contributed by atoms with Crippen molar-refractivity contribution < 1.29 is 0 Å². The maximum absolute atomic E-state index is 12.5. The van der Waals surface area contributed by atoms with Crippen LogP contribution in [-0.4, -0.2) is 40.6 Å². The molecule has 4 aromatic heterocycles. The Morgan fingerprint density at radius 3 is 2.55 bits per heavy atom. The highest BCUT2D eigenvalue weighted by Gasteiger charge is 2.24. The maximum Gasteiger partial charge on any atom is 0.267 e. The van der Waals surface area contributed by atoms with E-state index in [4.69, 9.17) is 0 Å². The van der Waals surface area contributed by atoms with Crippen LogP contribution in [-0.2, 0) is 0 Å². The molecule has 1 aliphatic carbocycles. The molecule has 0 spiro atoms. The van der Waals surface area contributed by atoms with E-state index >= 15 is 0 Å². The molecule has 0 amide bonds. The Labute approximate surface area is 178 Å². The van der Waals surface area contributed by atoms with Crippen LogP contribution in [0.5, 0.6) is 0 Å². The number of aromatic nitrogens is 7. The third-order valence-electron chi connectivity index (χ3n) is 5.56. The number of rotatable bonds is 5. The van der Waals surface area contributed by atoms with Crippen molar-refractivity contribution in [2.75, 3.05) is 5.32 Å². The van der Waals surface area contributed by atoms with Crippen LogP contribution in [0.1, 0.15) is 31.7 Å². The summed E-state index contributed by atoms with van der Waals surface area (Å²) in [5.41, 5.74) is 1.68. The average Bonchev–Trinajstić information content (AvgIpc) is 3.36. The topological polar surface area (TPSA) is 103 Å².